The summed E-state index contributed by atoms with van der Waals surface area (Å²) in [5.74, 6) is 2.04. The van der Waals surface area contributed by atoms with Crippen molar-refractivity contribution in [3.05, 3.63) is 28.1 Å². The topological polar surface area (TPSA) is 31.4 Å². The second kappa shape index (κ2) is 4.20. The van der Waals surface area contributed by atoms with E-state index in [9.17, 15) is 0 Å². The lowest BCUT2D eigenvalue weighted by molar-refractivity contribution is 0.174. The van der Waals surface area contributed by atoms with E-state index in [1.54, 1.807) is 11.3 Å². The maximum atomic E-state index is 5.76. The molecule has 0 N–H and O–H groups in total. The molecule has 0 unspecified atom stereocenters. The Balaban J connectivity index is 2.08. The van der Waals surface area contributed by atoms with Gasteiger partial charge in [0.05, 0.1) is 11.6 Å². The SMILES string of the molecule is Cc1cc2c(cc1-c1csc(CCl)n1)OCO2. The average Bonchev–Trinajstić information content (AvgIpc) is 2.94. The number of aromatic nitrogens is 1. The second-order valence-corrected chi connectivity index (χ2v) is 4.99. The van der Waals surface area contributed by atoms with E-state index in [2.05, 4.69) is 4.98 Å². The smallest absolute Gasteiger partial charge is 0.231 e. The molecule has 88 valence electrons. The molecule has 3 rings (SSSR count). The van der Waals surface area contributed by atoms with Crippen LogP contribution in [-0.4, -0.2) is 11.8 Å². The van der Waals surface area contributed by atoms with Crippen LogP contribution in [0.3, 0.4) is 0 Å². The van der Waals surface area contributed by atoms with E-state index in [0.29, 0.717) is 12.7 Å². The zero-order chi connectivity index (χ0) is 11.8. The van der Waals surface area contributed by atoms with E-state index in [0.717, 1.165) is 33.3 Å². The summed E-state index contributed by atoms with van der Waals surface area (Å²) in [5, 5.41) is 2.95. The van der Waals surface area contributed by atoms with Gasteiger partial charge in [-0.3, -0.25) is 0 Å². The number of nitrogens with zero attached hydrogens (tertiary/aromatic N) is 1. The van der Waals surface area contributed by atoms with Crippen LogP contribution in [0.4, 0.5) is 0 Å². The highest BCUT2D eigenvalue weighted by Crippen LogP contribution is 2.38. The van der Waals surface area contributed by atoms with Crippen molar-refractivity contribution in [2.45, 2.75) is 12.8 Å². The van der Waals surface area contributed by atoms with Crippen LogP contribution >= 0.6 is 22.9 Å². The molecule has 1 aliphatic rings. The number of ether oxygens (including phenoxy) is 2. The summed E-state index contributed by atoms with van der Waals surface area (Å²) in [6, 6.07) is 3.96. The van der Waals surface area contributed by atoms with Gasteiger partial charge in [-0.2, -0.15) is 0 Å². The lowest BCUT2D eigenvalue weighted by Gasteiger charge is -2.04. The number of benzene rings is 1. The van der Waals surface area contributed by atoms with Crippen molar-refractivity contribution >= 4 is 22.9 Å². The molecule has 5 heteroatoms. The normalized spacial score (nSPS) is 13.1. The summed E-state index contributed by atoms with van der Waals surface area (Å²) in [7, 11) is 0. The van der Waals surface area contributed by atoms with Gasteiger partial charge in [-0.05, 0) is 24.6 Å². The Hall–Kier alpha value is -1.26. The van der Waals surface area contributed by atoms with Crippen molar-refractivity contribution in [2.24, 2.45) is 0 Å². The minimum atomic E-state index is 0.294. The third-order valence-corrected chi connectivity index (χ3v) is 3.92. The van der Waals surface area contributed by atoms with Gasteiger partial charge < -0.3 is 9.47 Å². The Morgan fingerprint density at radius 3 is 2.82 bits per heavy atom. The fourth-order valence-corrected chi connectivity index (χ4v) is 2.71. The number of alkyl halides is 1. The Morgan fingerprint density at radius 2 is 2.12 bits per heavy atom. The molecule has 17 heavy (non-hydrogen) atoms. The number of hydrogen-bond donors (Lipinski definition) is 0. The zero-order valence-corrected chi connectivity index (χ0v) is 10.8. The first kappa shape index (κ1) is 10.9. The van der Waals surface area contributed by atoms with Crippen molar-refractivity contribution in [3.63, 3.8) is 0 Å². The van der Waals surface area contributed by atoms with E-state index in [1.165, 1.54) is 0 Å². The number of fused-ring (bicyclic) bond motifs is 1. The fourth-order valence-electron chi connectivity index (χ4n) is 1.82. The highest BCUT2D eigenvalue weighted by atomic mass is 35.5. The van der Waals surface area contributed by atoms with Crippen LogP contribution in [0.5, 0.6) is 11.5 Å². The monoisotopic (exact) mass is 267 g/mol. The maximum absolute atomic E-state index is 5.76. The predicted molar refractivity (Wildman–Crippen MR) is 68.0 cm³/mol. The van der Waals surface area contributed by atoms with Crippen LogP contribution in [0.1, 0.15) is 10.6 Å². The van der Waals surface area contributed by atoms with E-state index in [1.807, 2.05) is 24.4 Å². The summed E-state index contributed by atoms with van der Waals surface area (Å²) >= 11 is 7.34. The highest BCUT2D eigenvalue weighted by molar-refractivity contribution is 7.10. The van der Waals surface area contributed by atoms with Gasteiger partial charge in [-0.25, -0.2) is 4.98 Å². The molecule has 2 aromatic rings. The molecule has 0 spiro atoms. The molecule has 2 heterocycles. The van der Waals surface area contributed by atoms with Crippen molar-refractivity contribution < 1.29 is 9.47 Å². The molecule has 0 amide bonds. The molecule has 1 aromatic heterocycles. The standard InChI is InChI=1S/C12H10ClNO2S/c1-7-2-10-11(16-6-15-10)3-8(7)9-5-17-12(4-13)14-9/h2-3,5H,4,6H2,1H3. The average molecular weight is 268 g/mol. The van der Waals surface area contributed by atoms with E-state index >= 15 is 0 Å². The zero-order valence-electron chi connectivity index (χ0n) is 9.20. The van der Waals surface area contributed by atoms with Gasteiger partial charge >= 0.3 is 0 Å². The first-order chi connectivity index (χ1) is 8.28. The minimum Gasteiger partial charge on any atom is -0.454 e. The van der Waals surface area contributed by atoms with Gasteiger partial charge in [0.25, 0.3) is 0 Å². The van der Waals surface area contributed by atoms with Gasteiger partial charge in [-0.15, -0.1) is 22.9 Å². The summed E-state index contributed by atoms with van der Waals surface area (Å²) in [5.41, 5.74) is 3.14. The number of rotatable bonds is 2. The lowest BCUT2D eigenvalue weighted by atomic mass is 10.1. The molecule has 0 fully saturated rings. The maximum Gasteiger partial charge on any atom is 0.231 e. The van der Waals surface area contributed by atoms with Crippen molar-refractivity contribution in [1.82, 2.24) is 4.98 Å². The first-order valence-electron chi connectivity index (χ1n) is 5.19. The number of hydrogen-bond acceptors (Lipinski definition) is 4. The predicted octanol–water partition coefficient (Wildman–Crippen LogP) is 3.59. The van der Waals surface area contributed by atoms with Gasteiger partial charge in [0.1, 0.15) is 5.01 Å². The molecule has 3 nitrogen and oxygen atoms in total. The quantitative estimate of drug-likeness (QED) is 0.780. The van der Waals surface area contributed by atoms with Gasteiger partial charge in [0, 0.05) is 10.9 Å². The van der Waals surface area contributed by atoms with Crippen molar-refractivity contribution in [1.29, 1.82) is 0 Å². The third-order valence-electron chi connectivity index (χ3n) is 2.66. The van der Waals surface area contributed by atoms with Gasteiger partial charge in [0.2, 0.25) is 6.79 Å². The summed E-state index contributed by atoms with van der Waals surface area (Å²) in [4.78, 5) is 4.48. The number of thiazole rings is 1. The molecule has 0 aliphatic carbocycles. The molecule has 1 aromatic carbocycles. The van der Waals surface area contributed by atoms with Crippen molar-refractivity contribution in [2.75, 3.05) is 6.79 Å². The van der Waals surface area contributed by atoms with Crippen LogP contribution < -0.4 is 9.47 Å². The van der Waals surface area contributed by atoms with Crippen LogP contribution in [0.2, 0.25) is 0 Å². The molecular weight excluding hydrogens is 258 g/mol. The largest absolute Gasteiger partial charge is 0.454 e. The first-order valence-corrected chi connectivity index (χ1v) is 6.60. The molecule has 0 radical (unpaired) electrons. The van der Waals surface area contributed by atoms with Gasteiger partial charge in [0.15, 0.2) is 11.5 Å². The molecular formula is C12H10ClNO2S. The summed E-state index contributed by atoms with van der Waals surface area (Å²) in [6.45, 7) is 2.33. The van der Waals surface area contributed by atoms with Crippen LogP contribution in [0.15, 0.2) is 17.5 Å². The second-order valence-electron chi connectivity index (χ2n) is 3.78. The molecule has 0 saturated heterocycles. The van der Waals surface area contributed by atoms with Crippen LogP contribution in [-0.2, 0) is 5.88 Å². The Kier molecular flexibility index (Phi) is 2.68. The number of halogens is 1. The van der Waals surface area contributed by atoms with Crippen LogP contribution in [0.25, 0.3) is 11.3 Å². The Morgan fingerprint density at radius 1 is 1.35 bits per heavy atom. The van der Waals surface area contributed by atoms with E-state index in [4.69, 9.17) is 21.1 Å². The van der Waals surface area contributed by atoms with Crippen LogP contribution in [0, 0.1) is 6.92 Å². The van der Waals surface area contributed by atoms with Crippen molar-refractivity contribution in [3.8, 4) is 22.8 Å². The molecule has 1 aliphatic heterocycles. The number of aryl methyl sites for hydroxylation is 1. The van der Waals surface area contributed by atoms with E-state index in [-0.39, 0.29) is 0 Å². The molecule has 0 bridgehead atoms. The molecule has 0 atom stereocenters. The highest BCUT2D eigenvalue weighted by Gasteiger charge is 2.17. The Bertz CT molecular complexity index is 568. The lowest BCUT2D eigenvalue weighted by Crippen LogP contribution is -1.92. The van der Waals surface area contributed by atoms with Gasteiger partial charge in [-0.1, -0.05) is 0 Å². The minimum absolute atomic E-state index is 0.294. The fraction of sp³-hybridized carbons (Fsp3) is 0.250. The van der Waals surface area contributed by atoms with E-state index < -0.39 is 0 Å². The molecule has 0 saturated carbocycles. The Labute approximate surface area is 108 Å². The summed E-state index contributed by atoms with van der Waals surface area (Å²) < 4.78 is 10.7. The summed E-state index contributed by atoms with van der Waals surface area (Å²) in [6.07, 6.45) is 0. The third kappa shape index (κ3) is 1.87.